The van der Waals surface area contributed by atoms with Crippen LogP contribution in [0.2, 0.25) is 0 Å². The third kappa shape index (κ3) is 2.87. The van der Waals surface area contributed by atoms with Gasteiger partial charge in [-0.05, 0) is 44.8 Å². The number of aliphatic hydroxyl groups is 1. The van der Waals surface area contributed by atoms with Gasteiger partial charge in [0.25, 0.3) is 0 Å². The highest BCUT2D eigenvalue weighted by Crippen LogP contribution is 2.69. The topological polar surface area (TPSA) is 69.7 Å². The van der Waals surface area contributed by atoms with Crippen LogP contribution in [0.4, 0.5) is 0 Å². The van der Waals surface area contributed by atoms with Gasteiger partial charge in [0.15, 0.2) is 12.1 Å². The van der Waals surface area contributed by atoms with E-state index in [1.54, 1.807) is 0 Å². The molecular weight excluding hydrogens is 444 g/mol. The van der Waals surface area contributed by atoms with Crippen LogP contribution in [0.25, 0.3) is 0 Å². The zero-order chi connectivity index (χ0) is 24.5. The van der Waals surface area contributed by atoms with Gasteiger partial charge in [-0.2, -0.15) is 0 Å². The van der Waals surface area contributed by atoms with E-state index in [1.807, 2.05) is 32.0 Å². The minimum absolute atomic E-state index is 0.0754. The molecule has 6 heteroatoms. The minimum Gasteiger partial charge on any atom is -0.389 e. The van der Waals surface area contributed by atoms with Crippen LogP contribution < -0.4 is 0 Å². The second-order valence-corrected chi connectivity index (χ2v) is 12.9. The molecule has 5 fully saturated rings. The summed E-state index contributed by atoms with van der Waals surface area (Å²) < 4.78 is 33.8. The molecule has 2 bridgehead atoms. The zero-order valence-electron chi connectivity index (χ0n) is 21.6. The molecular formula is C29H38O6. The lowest BCUT2D eigenvalue weighted by Gasteiger charge is -2.60. The van der Waals surface area contributed by atoms with Gasteiger partial charge in [-0.3, -0.25) is 0 Å². The van der Waals surface area contributed by atoms with Gasteiger partial charge in [-0.25, -0.2) is 0 Å². The summed E-state index contributed by atoms with van der Waals surface area (Å²) in [7, 11) is 0. The molecule has 0 amide bonds. The van der Waals surface area contributed by atoms with E-state index < -0.39 is 29.2 Å². The molecule has 3 heterocycles. The molecule has 6 nitrogen and oxygen atoms in total. The maximum Gasteiger partial charge on any atom is 0.185 e. The Morgan fingerprint density at radius 3 is 2.40 bits per heavy atom. The van der Waals surface area contributed by atoms with E-state index in [2.05, 4.69) is 39.8 Å². The Bertz CT molecular complexity index is 1080. The number of hydrogen-bond donors (Lipinski definition) is 1. The van der Waals surface area contributed by atoms with Gasteiger partial charge < -0.3 is 28.8 Å². The standard InChI is InChI=1S/C29H38O6/c1-15-17(30)14-29-23(32-25(35-29)16-10-8-7-9-11-16)20-21-18(31-21)12-13-28(20,6)24-22(19(15)26(29,2)3)33-27(4,5)34-24/h7-11,17-18,20-25,30H,12-14H2,1-6H3/t17-,18+,20-,21+,22+,23-,24-,25-,28+,29+/m0/s1. The summed E-state index contributed by atoms with van der Waals surface area (Å²) in [5.74, 6) is -0.636. The zero-order valence-corrected chi connectivity index (χ0v) is 21.6. The first kappa shape index (κ1) is 22.9. The van der Waals surface area contributed by atoms with Crippen LogP contribution in [0.1, 0.15) is 72.7 Å². The summed E-state index contributed by atoms with van der Waals surface area (Å²) in [6.07, 6.45) is 1.12. The number of rotatable bonds is 1. The van der Waals surface area contributed by atoms with Crippen LogP contribution in [-0.4, -0.2) is 53.1 Å². The summed E-state index contributed by atoms with van der Waals surface area (Å²) in [5, 5.41) is 11.5. The van der Waals surface area contributed by atoms with Crippen molar-refractivity contribution in [3.05, 3.63) is 47.0 Å². The van der Waals surface area contributed by atoms with Gasteiger partial charge in [0.05, 0.1) is 30.5 Å². The smallest absolute Gasteiger partial charge is 0.185 e. The van der Waals surface area contributed by atoms with E-state index in [0.717, 1.165) is 29.6 Å². The molecule has 0 aromatic heterocycles. The van der Waals surface area contributed by atoms with E-state index in [0.29, 0.717) is 6.42 Å². The van der Waals surface area contributed by atoms with Crippen molar-refractivity contribution in [2.45, 2.75) is 115 Å². The van der Waals surface area contributed by atoms with Crippen molar-refractivity contribution in [2.24, 2.45) is 16.7 Å². The van der Waals surface area contributed by atoms with Crippen LogP contribution in [0, 0.1) is 16.7 Å². The summed E-state index contributed by atoms with van der Waals surface area (Å²) in [6.45, 7) is 12.9. The molecule has 190 valence electrons. The number of hydrogen-bond acceptors (Lipinski definition) is 6. The Morgan fingerprint density at radius 2 is 1.66 bits per heavy atom. The van der Waals surface area contributed by atoms with Crippen LogP contribution in [-0.2, 0) is 23.7 Å². The van der Waals surface area contributed by atoms with Crippen molar-refractivity contribution < 1.29 is 28.8 Å². The number of benzene rings is 1. The Hall–Kier alpha value is -1.28. The molecule has 10 atom stereocenters. The van der Waals surface area contributed by atoms with Crippen molar-refractivity contribution in [3.8, 4) is 0 Å². The van der Waals surface area contributed by atoms with Crippen LogP contribution in [0.15, 0.2) is 41.5 Å². The number of aliphatic hydroxyl groups excluding tert-OH is 1. The predicted octanol–water partition coefficient (Wildman–Crippen LogP) is 4.66. The monoisotopic (exact) mass is 482 g/mol. The number of ether oxygens (including phenoxy) is 5. The molecule has 2 saturated carbocycles. The Labute approximate surface area is 207 Å². The summed E-state index contributed by atoms with van der Waals surface area (Å²) in [4.78, 5) is 0. The quantitative estimate of drug-likeness (QED) is 0.464. The first-order valence-corrected chi connectivity index (χ1v) is 13.3. The first-order valence-electron chi connectivity index (χ1n) is 13.3. The largest absolute Gasteiger partial charge is 0.389 e. The van der Waals surface area contributed by atoms with Crippen LogP contribution in [0.5, 0.6) is 0 Å². The fourth-order valence-corrected chi connectivity index (χ4v) is 8.51. The highest BCUT2D eigenvalue weighted by molar-refractivity contribution is 5.41. The second kappa shape index (κ2) is 6.97. The van der Waals surface area contributed by atoms with Crippen LogP contribution >= 0.6 is 0 Å². The third-order valence-electron chi connectivity index (χ3n) is 10.3. The number of epoxide rings is 1. The molecule has 1 spiro atoms. The SMILES string of the molecule is CC1=C2[C@H]3OC(C)(C)O[C@@H]3[C@]3(C)CC[C@H]4O[C@H]4[C@H]3[C@@H]3O[C@H](c4ccccc4)O[C@@]3(C[C@@H]1O)C2(C)C. The average Bonchev–Trinajstić information content (AvgIpc) is 3.37. The predicted molar refractivity (Wildman–Crippen MR) is 128 cm³/mol. The molecule has 35 heavy (non-hydrogen) atoms. The third-order valence-corrected chi connectivity index (χ3v) is 10.3. The Balaban J connectivity index is 1.47. The van der Waals surface area contributed by atoms with Crippen molar-refractivity contribution in [3.63, 3.8) is 0 Å². The van der Waals surface area contributed by atoms with Gasteiger partial charge in [-0.1, -0.05) is 51.1 Å². The van der Waals surface area contributed by atoms with E-state index in [1.165, 1.54) is 0 Å². The molecule has 0 radical (unpaired) electrons. The van der Waals surface area contributed by atoms with Crippen molar-refractivity contribution >= 4 is 0 Å². The fourth-order valence-electron chi connectivity index (χ4n) is 8.51. The van der Waals surface area contributed by atoms with Crippen molar-refractivity contribution in [2.75, 3.05) is 0 Å². The molecule has 3 aliphatic carbocycles. The minimum atomic E-state index is -0.720. The molecule has 1 aromatic carbocycles. The summed E-state index contributed by atoms with van der Waals surface area (Å²) >= 11 is 0. The molecule has 1 aromatic rings. The molecule has 3 saturated heterocycles. The lowest BCUT2D eigenvalue weighted by atomic mass is 9.48. The van der Waals surface area contributed by atoms with E-state index in [-0.39, 0.29) is 41.9 Å². The van der Waals surface area contributed by atoms with E-state index >= 15 is 0 Å². The lowest BCUT2D eigenvalue weighted by molar-refractivity contribution is -0.180. The second-order valence-electron chi connectivity index (χ2n) is 12.9. The maximum absolute atomic E-state index is 11.5. The molecule has 1 N–H and O–H groups in total. The highest BCUT2D eigenvalue weighted by atomic mass is 16.8. The van der Waals surface area contributed by atoms with Gasteiger partial charge in [-0.15, -0.1) is 0 Å². The van der Waals surface area contributed by atoms with Crippen molar-refractivity contribution in [1.82, 2.24) is 0 Å². The van der Waals surface area contributed by atoms with Gasteiger partial charge in [0.2, 0.25) is 0 Å². The van der Waals surface area contributed by atoms with Gasteiger partial charge >= 0.3 is 0 Å². The fraction of sp³-hybridized carbons (Fsp3) is 0.724. The van der Waals surface area contributed by atoms with Gasteiger partial charge in [0, 0.05) is 28.7 Å². The van der Waals surface area contributed by atoms with Crippen molar-refractivity contribution in [1.29, 1.82) is 0 Å². The Kier molecular flexibility index (Phi) is 4.56. The Morgan fingerprint density at radius 1 is 0.914 bits per heavy atom. The van der Waals surface area contributed by atoms with E-state index in [9.17, 15) is 5.11 Å². The lowest BCUT2D eigenvalue weighted by Crippen LogP contribution is -2.68. The normalized spacial score (nSPS) is 50.9. The van der Waals surface area contributed by atoms with Crippen LogP contribution in [0.3, 0.4) is 0 Å². The molecule has 7 rings (SSSR count). The molecule has 0 unspecified atom stereocenters. The summed E-state index contributed by atoms with van der Waals surface area (Å²) in [6, 6.07) is 10.2. The summed E-state index contributed by atoms with van der Waals surface area (Å²) in [5.41, 5.74) is 1.73. The highest BCUT2D eigenvalue weighted by Gasteiger charge is 2.75. The average molecular weight is 483 g/mol. The maximum atomic E-state index is 11.5. The van der Waals surface area contributed by atoms with E-state index in [4.69, 9.17) is 23.7 Å². The van der Waals surface area contributed by atoms with Gasteiger partial charge in [0.1, 0.15) is 11.7 Å². The number of fused-ring (bicyclic) bond motifs is 8. The first-order chi connectivity index (χ1) is 16.5. The molecule has 3 aliphatic heterocycles. The molecule has 6 aliphatic rings.